The Hall–Kier alpha value is -0.990. The third-order valence-corrected chi connectivity index (χ3v) is 17.0. The molecule has 0 aromatic rings. The molecule has 0 radical (unpaired) electrons. The molecule has 0 bridgehead atoms. The van der Waals surface area contributed by atoms with Crippen molar-refractivity contribution in [3.63, 3.8) is 0 Å². The molecule has 2 atom stereocenters. The summed E-state index contributed by atoms with van der Waals surface area (Å²) in [6.07, 6.45) is 74.9. The second-order valence-electron chi connectivity index (χ2n) is 23.8. The molecule has 77 heavy (non-hydrogen) atoms. The lowest BCUT2D eigenvalue weighted by Crippen LogP contribution is -2.29. The van der Waals surface area contributed by atoms with Crippen molar-refractivity contribution in [1.29, 1.82) is 0 Å². The Labute approximate surface area is 479 Å². The van der Waals surface area contributed by atoms with Gasteiger partial charge in [-0.3, -0.25) is 18.6 Å². The number of phosphoric acid groups is 1. The van der Waals surface area contributed by atoms with Crippen LogP contribution in [-0.4, -0.2) is 49.3 Å². The first-order valence-electron chi connectivity index (χ1n) is 34.5. The smallest absolute Gasteiger partial charge is 0.462 e. The largest absolute Gasteiger partial charge is 0.472 e. The summed E-state index contributed by atoms with van der Waals surface area (Å²) in [5.74, 6) is -0.798. The van der Waals surface area contributed by atoms with Crippen LogP contribution in [0.1, 0.15) is 386 Å². The van der Waals surface area contributed by atoms with Gasteiger partial charge in [0.2, 0.25) is 0 Å². The van der Waals surface area contributed by atoms with Gasteiger partial charge in [-0.15, -0.1) is 0 Å². The van der Waals surface area contributed by atoms with Gasteiger partial charge < -0.3 is 20.1 Å². The molecular weight excluding hydrogens is 978 g/mol. The molecule has 0 saturated carbocycles. The van der Waals surface area contributed by atoms with Crippen LogP contribution in [0.15, 0.2) is 0 Å². The minimum atomic E-state index is -4.38. The number of carbonyl (C=O) groups is 2. The van der Waals surface area contributed by atoms with Crippen molar-refractivity contribution in [2.45, 2.75) is 392 Å². The van der Waals surface area contributed by atoms with Crippen molar-refractivity contribution in [2.75, 3.05) is 26.4 Å². The van der Waals surface area contributed by atoms with E-state index in [9.17, 15) is 19.0 Å². The van der Waals surface area contributed by atoms with Crippen molar-refractivity contribution >= 4 is 19.8 Å². The van der Waals surface area contributed by atoms with Crippen LogP contribution in [0, 0.1) is 0 Å². The topological polar surface area (TPSA) is 134 Å². The fraction of sp³-hybridized carbons (Fsp3) is 0.970. The molecule has 0 aliphatic carbocycles. The summed E-state index contributed by atoms with van der Waals surface area (Å²) in [5, 5.41) is 0. The molecule has 0 aromatic carbocycles. The van der Waals surface area contributed by atoms with Gasteiger partial charge in [-0.05, 0) is 12.8 Å². The molecule has 0 spiro atoms. The second-order valence-corrected chi connectivity index (χ2v) is 25.2. The molecule has 460 valence electrons. The summed E-state index contributed by atoms with van der Waals surface area (Å²) in [5.41, 5.74) is 5.40. The maximum atomic E-state index is 12.8. The van der Waals surface area contributed by atoms with Crippen LogP contribution in [0.25, 0.3) is 0 Å². The molecule has 3 N–H and O–H groups in total. The number of unbranched alkanes of at least 4 members (excludes halogenated alkanes) is 54. The molecule has 9 nitrogen and oxygen atoms in total. The lowest BCUT2D eigenvalue weighted by molar-refractivity contribution is -0.161. The Balaban J connectivity index is 3.79. The highest BCUT2D eigenvalue weighted by Gasteiger charge is 2.26. The second kappa shape index (κ2) is 64.2. The average molecular weight is 1110 g/mol. The van der Waals surface area contributed by atoms with E-state index in [-0.39, 0.29) is 32.1 Å². The van der Waals surface area contributed by atoms with Gasteiger partial charge in [0.05, 0.1) is 13.2 Å². The lowest BCUT2D eigenvalue weighted by atomic mass is 10.0. The Kier molecular flexibility index (Phi) is 63.4. The summed E-state index contributed by atoms with van der Waals surface area (Å²) in [7, 11) is -4.38. The minimum absolute atomic E-state index is 0.0588. The summed E-state index contributed by atoms with van der Waals surface area (Å²) < 4.78 is 33.2. The number of esters is 2. The standard InChI is InChI=1S/C67H134NO8P/c1-3-5-7-9-11-13-15-17-19-21-23-25-27-29-30-31-32-33-34-35-36-38-40-42-44-46-48-50-52-54-56-58-60-67(70)76-65(64-75-77(71,72)74-62-61-68)63-73-66(69)59-57-55-53-51-49-47-45-43-41-39-37-28-26-24-22-20-18-16-14-12-10-8-6-4-2/h65H,3-64,68H2,1-2H3,(H,71,72). The van der Waals surface area contributed by atoms with Crippen molar-refractivity contribution in [1.82, 2.24) is 0 Å². The maximum absolute atomic E-state index is 12.8. The van der Waals surface area contributed by atoms with Gasteiger partial charge in [0.15, 0.2) is 6.10 Å². The number of nitrogens with two attached hydrogens (primary N) is 1. The third-order valence-electron chi connectivity index (χ3n) is 16.0. The molecule has 0 amide bonds. The number of ether oxygens (including phenoxy) is 2. The predicted octanol–water partition coefficient (Wildman–Crippen LogP) is 22.2. The lowest BCUT2D eigenvalue weighted by Gasteiger charge is -2.19. The summed E-state index contributed by atoms with van der Waals surface area (Å²) in [6, 6.07) is 0. The highest BCUT2D eigenvalue weighted by Crippen LogP contribution is 2.43. The minimum Gasteiger partial charge on any atom is -0.462 e. The fourth-order valence-electron chi connectivity index (χ4n) is 10.9. The molecule has 0 fully saturated rings. The van der Waals surface area contributed by atoms with Crippen LogP contribution in [0.2, 0.25) is 0 Å². The van der Waals surface area contributed by atoms with Crippen molar-refractivity contribution < 1.29 is 37.6 Å². The molecule has 0 aromatic heterocycles. The SMILES string of the molecule is CCCCCCCCCCCCCCCCCCCCCCCCCCCCCCCCCCC(=O)OC(COC(=O)CCCCCCCCCCCCCCCCCCCCCCCCCC)COP(=O)(O)OCCN. The van der Waals surface area contributed by atoms with E-state index in [1.54, 1.807) is 0 Å². The van der Waals surface area contributed by atoms with E-state index >= 15 is 0 Å². The number of hydrogen-bond acceptors (Lipinski definition) is 8. The van der Waals surface area contributed by atoms with Crippen LogP contribution >= 0.6 is 7.82 Å². The molecular formula is C67H134NO8P. The van der Waals surface area contributed by atoms with E-state index in [4.69, 9.17) is 24.3 Å². The van der Waals surface area contributed by atoms with E-state index in [0.29, 0.717) is 12.8 Å². The van der Waals surface area contributed by atoms with Gasteiger partial charge in [-0.2, -0.15) is 0 Å². The molecule has 0 saturated heterocycles. The number of rotatable bonds is 67. The van der Waals surface area contributed by atoms with Gasteiger partial charge in [0.1, 0.15) is 6.61 Å². The molecule has 0 rings (SSSR count). The van der Waals surface area contributed by atoms with E-state index in [1.807, 2.05) is 0 Å². The Morgan fingerprint density at radius 3 is 0.792 bits per heavy atom. The Morgan fingerprint density at radius 2 is 0.558 bits per heavy atom. The zero-order valence-corrected chi connectivity index (χ0v) is 52.6. The fourth-order valence-corrected chi connectivity index (χ4v) is 11.6. The van der Waals surface area contributed by atoms with Crippen molar-refractivity contribution in [2.24, 2.45) is 5.73 Å². The van der Waals surface area contributed by atoms with Crippen LogP contribution in [0.4, 0.5) is 0 Å². The van der Waals surface area contributed by atoms with Crippen molar-refractivity contribution in [3.8, 4) is 0 Å². The highest BCUT2D eigenvalue weighted by molar-refractivity contribution is 7.47. The quantitative estimate of drug-likeness (QED) is 0.0347. The van der Waals surface area contributed by atoms with Crippen LogP contribution in [-0.2, 0) is 32.7 Å². The van der Waals surface area contributed by atoms with Crippen LogP contribution in [0.3, 0.4) is 0 Å². The zero-order chi connectivity index (χ0) is 55.9. The maximum Gasteiger partial charge on any atom is 0.472 e. The normalized spacial score (nSPS) is 12.8. The first-order valence-corrected chi connectivity index (χ1v) is 36.0. The van der Waals surface area contributed by atoms with Gasteiger partial charge in [0.25, 0.3) is 0 Å². The summed E-state index contributed by atoms with van der Waals surface area (Å²) in [6.45, 7) is 3.84. The van der Waals surface area contributed by atoms with Gasteiger partial charge in [-0.25, -0.2) is 4.57 Å². The molecule has 0 heterocycles. The van der Waals surface area contributed by atoms with E-state index in [0.717, 1.165) is 32.1 Å². The summed E-state index contributed by atoms with van der Waals surface area (Å²) >= 11 is 0. The number of phosphoric ester groups is 1. The molecule has 0 aliphatic heterocycles. The molecule has 2 unspecified atom stereocenters. The summed E-state index contributed by atoms with van der Waals surface area (Å²) in [4.78, 5) is 35.3. The molecule has 10 heteroatoms. The van der Waals surface area contributed by atoms with E-state index in [1.165, 1.54) is 321 Å². The van der Waals surface area contributed by atoms with Crippen LogP contribution < -0.4 is 5.73 Å². The first kappa shape index (κ1) is 76.0. The average Bonchev–Trinajstić information content (AvgIpc) is 3.42. The van der Waals surface area contributed by atoms with Gasteiger partial charge >= 0.3 is 19.8 Å². The van der Waals surface area contributed by atoms with Gasteiger partial charge in [-0.1, -0.05) is 361 Å². The zero-order valence-electron chi connectivity index (χ0n) is 51.7. The molecule has 0 aliphatic rings. The first-order chi connectivity index (χ1) is 37.8. The van der Waals surface area contributed by atoms with E-state index < -0.39 is 26.5 Å². The predicted molar refractivity (Wildman–Crippen MR) is 331 cm³/mol. The monoisotopic (exact) mass is 1110 g/mol. The Bertz CT molecular complexity index is 1220. The van der Waals surface area contributed by atoms with E-state index in [2.05, 4.69) is 13.8 Å². The number of carbonyl (C=O) groups excluding carboxylic acids is 2. The van der Waals surface area contributed by atoms with Gasteiger partial charge in [0, 0.05) is 19.4 Å². The third kappa shape index (κ3) is 64.1. The van der Waals surface area contributed by atoms with Crippen molar-refractivity contribution in [3.05, 3.63) is 0 Å². The Morgan fingerprint density at radius 1 is 0.338 bits per heavy atom. The highest BCUT2D eigenvalue weighted by atomic mass is 31.2. The van der Waals surface area contributed by atoms with Crippen LogP contribution in [0.5, 0.6) is 0 Å². The number of hydrogen-bond donors (Lipinski definition) is 2.